The average Bonchev–Trinajstić information content (AvgIpc) is 2.69. The lowest BCUT2D eigenvalue weighted by atomic mass is 9.94. The highest BCUT2D eigenvalue weighted by atomic mass is 16.4. The van der Waals surface area contributed by atoms with Crippen molar-refractivity contribution < 1.29 is 19.5 Å². The van der Waals surface area contributed by atoms with Gasteiger partial charge < -0.3 is 21.1 Å². The molecule has 0 radical (unpaired) electrons. The van der Waals surface area contributed by atoms with Gasteiger partial charge in [0.1, 0.15) is 0 Å². The van der Waals surface area contributed by atoms with Crippen molar-refractivity contribution in [2.45, 2.75) is 32.7 Å². The van der Waals surface area contributed by atoms with Crippen molar-refractivity contribution in [1.29, 1.82) is 0 Å². The fourth-order valence-electron chi connectivity index (χ4n) is 1.49. The third kappa shape index (κ3) is 4.23. The number of hydrogen-bond acceptors (Lipinski definition) is 3. The summed E-state index contributed by atoms with van der Waals surface area (Å²) >= 11 is 0. The second-order valence-electron chi connectivity index (χ2n) is 5.06. The molecule has 0 saturated carbocycles. The van der Waals surface area contributed by atoms with Gasteiger partial charge in [0.2, 0.25) is 5.91 Å². The van der Waals surface area contributed by atoms with Gasteiger partial charge in [0, 0.05) is 25.6 Å². The fraction of sp³-hybridized carbons (Fsp3) is 0.727. The highest BCUT2D eigenvalue weighted by Gasteiger charge is 2.27. The Morgan fingerprint density at radius 3 is 2.61 bits per heavy atom. The molecule has 1 unspecified atom stereocenters. The first-order valence-electron chi connectivity index (χ1n) is 5.86. The lowest BCUT2D eigenvalue weighted by molar-refractivity contribution is -0.146. The van der Waals surface area contributed by atoms with E-state index in [0.717, 1.165) is 0 Å². The Hall–Kier alpha value is -1.79. The third-order valence-electron chi connectivity index (χ3n) is 2.86. The molecule has 0 aromatic heterocycles. The summed E-state index contributed by atoms with van der Waals surface area (Å²) in [5, 5.41) is 16.7. The van der Waals surface area contributed by atoms with Gasteiger partial charge in [-0.05, 0) is 20.3 Å². The molecular formula is C11H19N3O4. The molecule has 0 spiro atoms. The van der Waals surface area contributed by atoms with E-state index in [1.165, 1.54) is 13.8 Å². The van der Waals surface area contributed by atoms with Crippen LogP contribution in [0.5, 0.6) is 0 Å². The summed E-state index contributed by atoms with van der Waals surface area (Å²) in [7, 11) is 0. The Morgan fingerprint density at radius 2 is 2.11 bits per heavy atom. The van der Waals surface area contributed by atoms with Crippen molar-refractivity contribution >= 4 is 17.9 Å². The second-order valence-corrected chi connectivity index (χ2v) is 5.06. The van der Waals surface area contributed by atoms with E-state index in [4.69, 9.17) is 5.11 Å². The zero-order chi connectivity index (χ0) is 13.8. The molecule has 1 aliphatic rings. The van der Waals surface area contributed by atoms with Crippen LogP contribution in [0.1, 0.15) is 26.7 Å². The largest absolute Gasteiger partial charge is 0.481 e. The minimum absolute atomic E-state index is 0.00535. The molecule has 1 saturated heterocycles. The molecule has 7 heteroatoms. The van der Waals surface area contributed by atoms with Crippen molar-refractivity contribution in [2.24, 2.45) is 5.41 Å². The molecule has 0 bridgehead atoms. The van der Waals surface area contributed by atoms with Crippen molar-refractivity contribution in [3.05, 3.63) is 0 Å². The summed E-state index contributed by atoms with van der Waals surface area (Å²) in [6, 6.07) is -0.457. The van der Waals surface area contributed by atoms with E-state index < -0.39 is 17.4 Å². The lowest BCUT2D eigenvalue weighted by Gasteiger charge is -2.20. The first kappa shape index (κ1) is 14.3. The van der Waals surface area contributed by atoms with Crippen LogP contribution >= 0.6 is 0 Å². The number of aliphatic carboxylic acids is 1. The van der Waals surface area contributed by atoms with Crippen LogP contribution in [0.4, 0.5) is 4.79 Å². The summed E-state index contributed by atoms with van der Waals surface area (Å²) in [5.41, 5.74) is -1.00. The van der Waals surface area contributed by atoms with Gasteiger partial charge in [-0.15, -0.1) is 0 Å². The van der Waals surface area contributed by atoms with Gasteiger partial charge in [0.25, 0.3) is 0 Å². The van der Waals surface area contributed by atoms with Gasteiger partial charge in [-0.25, -0.2) is 4.79 Å². The smallest absolute Gasteiger partial charge is 0.314 e. The van der Waals surface area contributed by atoms with Crippen LogP contribution in [0.2, 0.25) is 0 Å². The number of hydrogen-bond donors (Lipinski definition) is 4. The average molecular weight is 257 g/mol. The van der Waals surface area contributed by atoms with E-state index >= 15 is 0 Å². The second kappa shape index (κ2) is 5.70. The van der Waals surface area contributed by atoms with Gasteiger partial charge >= 0.3 is 12.0 Å². The van der Waals surface area contributed by atoms with Crippen LogP contribution in [-0.4, -0.2) is 42.1 Å². The molecule has 18 heavy (non-hydrogen) atoms. The Kier molecular flexibility index (Phi) is 4.52. The molecule has 0 aromatic carbocycles. The van der Waals surface area contributed by atoms with E-state index in [2.05, 4.69) is 16.0 Å². The summed E-state index contributed by atoms with van der Waals surface area (Å²) in [6.45, 7) is 3.47. The van der Waals surface area contributed by atoms with Crippen LogP contribution in [0.3, 0.4) is 0 Å². The normalized spacial score (nSPS) is 19.2. The first-order chi connectivity index (χ1) is 8.31. The van der Waals surface area contributed by atoms with Gasteiger partial charge in [0.05, 0.1) is 5.41 Å². The number of rotatable bonds is 5. The van der Waals surface area contributed by atoms with Gasteiger partial charge in [-0.3, -0.25) is 9.59 Å². The molecule has 0 aromatic rings. The predicted octanol–water partition coefficient (Wildman–Crippen LogP) is -0.325. The molecule has 1 rings (SSSR count). The molecule has 102 valence electrons. The predicted molar refractivity (Wildman–Crippen MR) is 64.0 cm³/mol. The zero-order valence-electron chi connectivity index (χ0n) is 10.6. The maximum Gasteiger partial charge on any atom is 0.314 e. The number of carboxylic acid groups (broad SMARTS) is 1. The zero-order valence-corrected chi connectivity index (χ0v) is 10.6. The third-order valence-corrected chi connectivity index (χ3v) is 2.86. The van der Waals surface area contributed by atoms with Crippen LogP contribution in [0, 0.1) is 5.41 Å². The molecule has 3 amide bonds. The number of carbonyl (C=O) groups excluding carboxylic acids is 2. The lowest BCUT2D eigenvalue weighted by Crippen LogP contribution is -2.46. The molecule has 1 aliphatic heterocycles. The minimum Gasteiger partial charge on any atom is -0.481 e. The van der Waals surface area contributed by atoms with Crippen molar-refractivity contribution in [3.8, 4) is 0 Å². The standard InChI is InChI=1S/C11H19N3O4/c1-11(2,9(16)17)6-13-10(18)12-5-7-3-4-8(15)14-7/h7H,3-6H2,1-2H3,(H,14,15)(H,16,17)(H2,12,13,18). The maximum absolute atomic E-state index is 11.4. The summed E-state index contributed by atoms with van der Waals surface area (Å²) in [4.78, 5) is 33.2. The number of nitrogens with one attached hydrogen (secondary N) is 3. The minimum atomic E-state index is -1.00. The van der Waals surface area contributed by atoms with Crippen LogP contribution in [-0.2, 0) is 9.59 Å². The van der Waals surface area contributed by atoms with Gasteiger partial charge in [-0.2, -0.15) is 0 Å². The number of carbonyl (C=O) groups is 3. The van der Waals surface area contributed by atoms with E-state index in [1.54, 1.807) is 0 Å². The number of carboxylic acids is 1. The fourth-order valence-corrected chi connectivity index (χ4v) is 1.49. The van der Waals surface area contributed by atoms with Crippen molar-refractivity contribution in [1.82, 2.24) is 16.0 Å². The Bertz CT molecular complexity index is 354. The maximum atomic E-state index is 11.4. The van der Waals surface area contributed by atoms with Crippen LogP contribution in [0.15, 0.2) is 0 Å². The van der Waals surface area contributed by atoms with Crippen molar-refractivity contribution in [2.75, 3.05) is 13.1 Å². The molecular weight excluding hydrogens is 238 g/mol. The van der Waals surface area contributed by atoms with Crippen LogP contribution < -0.4 is 16.0 Å². The molecule has 1 heterocycles. The summed E-state index contributed by atoms with van der Waals surface area (Å²) in [5.74, 6) is -0.972. The van der Waals surface area contributed by atoms with E-state index in [1.807, 2.05) is 0 Å². The monoisotopic (exact) mass is 257 g/mol. The molecule has 4 N–H and O–H groups in total. The Balaban J connectivity index is 2.22. The van der Waals surface area contributed by atoms with E-state index in [-0.39, 0.29) is 18.5 Å². The number of urea groups is 1. The quantitative estimate of drug-likeness (QED) is 0.541. The highest BCUT2D eigenvalue weighted by Crippen LogP contribution is 2.12. The van der Waals surface area contributed by atoms with E-state index in [9.17, 15) is 14.4 Å². The molecule has 1 atom stereocenters. The van der Waals surface area contributed by atoms with Gasteiger partial charge in [-0.1, -0.05) is 0 Å². The summed E-state index contributed by atoms with van der Waals surface area (Å²) < 4.78 is 0. The molecule has 0 aliphatic carbocycles. The molecule has 7 nitrogen and oxygen atoms in total. The van der Waals surface area contributed by atoms with E-state index in [0.29, 0.717) is 19.4 Å². The van der Waals surface area contributed by atoms with Crippen LogP contribution in [0.25, 0.3) is 0 Å². The van der Waals surface area contributed by atoms with Crippen molar-refractivity contribution in [3.63, 3.8) is 0 Å². The van der Waals surface area contributed by atoms with Gasteiger partial charge in [0.15, 0.2) is 0 Å². The first-order valence-corrected chi connectivity index (χ1v) is 5.86. The SMILES string of the molecule is CC(C)(CNC(=O)NCC1CCC(=O)N1)C(=O)O. The molecule has 1 fully saturated rings. The Labute approximate surface area is 105 Å². The summed E-state index contributed by atoms with van der Waals surface area (Å²) in [6.07, 6.45) is 1.19. The Morgan fingerprint density at radius 1 is 1.44 bits per heavy atom. The number of amides is 3. The topological polar surface area (TPSA) is 108 Å². The highest BCUT2D eigenvalue weighted by molar-refractivity contribution is 5.79.